The zero-order valence-corrected chi connectivity index (χ0v) is 57.9. The third-order valence-corrected chi connectivity index (χ3v) is 19.6. The van der Waals surface area contributed by atoms with Crippen molar-refractivity contribution in [3.63, 3.8) is 0 Å². The lowest BCUT2D eigenvalue weighted by atomic mass is 10.0. The van der Waals surface area contributed by atoms with Crippen molar-refractivity contribution < 1.29 is 57.5 Å². The molecule has 544 valence electrons. The molecule has 2 aromatic carbocycles. The van der Waals surface area contributed by atoms with Crippen LogP contribution in [0.15, 0.2) is 86.0 Å². The van der Waals surface area contributed by atoms with E-state index in [2.05, 4.69) is 88.4 Å². The molecule has 35 heteroatoms. The minimum atomic E-state index is -1.82. The van der Waals surface area contributed by atoms with E-state index in [1.54, 1.807) is 67.8 Å². The number of unbranched alkanes of at least 4 members (excludes halogenated alkanes) is 3. The van der Waals surface area contributed by atoms with E-state index in [4.69, 9.17) is 17.2 Å². The summed E-state index contributed by atoms with van der Waals surface area (Å²) in [5.74, 6) is -10.4. The first-order valence-corrected chi connectivity index (χ1v) is 36.2. The molecular weight excluding hydrogens is 1340 g/mol. The second-order valence-corrected chi connectivity index (χ2v) is 27.3. The molecule has 6 aromatic rings. The number of imidazole rings is 2. The Morgan fingerprint density at radius 3 is 1.41 bits per heavy atom. The van der Waals surface area contributed by atoms with Gasteiger partial charge in [0.2, 0.25) is 59.1 Å². The Morgan fingerprint density at radius 2 is 0.921 bits per heavy atom. The lowest BCUT2D eigenvalue weighted by molar-refractivity contribution is -0.136. The SMILES string of the molecule is CCCN1C(=O)N[C@@H](Cc2cnc[nH]2)C(=O)NCC(=O)N[C@@H](Cc2cnc[nH]2)C(=O)N[C@@H](Cc2c[nH]c3ccccc23)C(=O)N[C@H]2CSSC(NC(=O)[C@H](Cc3c[nH]c4ccccc34)NC(=O)[C@H](CCCCN)NC(=O)[C@H](CCCCN)NC(=O)[C@H](CCCCN)NC(=O)[C@H](C)NC2=O)C1=O. The van der Waals surface area contributed by atoms with Gasteiger partial charge in [-0.2, -0.15) is 0 Å². The number of hydrogen-bond acceptors (Lipinski definition) is 19. The van der Waals surface area contributed by atoms with Crippen molar-refractivity contribution in [3.8, 4) is 0 Å². The van der Waals surface area contributed by atoms with Gasteiger partial charge < -0.3 is 95.6 Å². The number of imide groups is 1. The largest absolute Gasteiger partial charge is 0.361 e. The first-order chi connectivity index (χ1) is 48.8. The number of para-hydroxylation sites is 2. The predicted octanol–water partition coefficient (Wildman–Crippen LogP) is -1.06. The summed E-state index contributed by atoms with van der Waals surface area (Å²) >= 11 is 0. The fourth-order valence-corrected chi connectivity index (χ4v) is 14.0. The fraction of sp³-hybridized carbons (Fsp3) is 0.485. The molecular formula is C66H91N21O12S2. The number of aromatic nitrogens is 6. The summed E-state index contributed by atoms with van der Waals surface area (Å²) in [6.07, 6.45) is 10.4. The molecule has 2 bridgehead atoms. The maximum absolute atomic E-state index is 15.6. The summed E-state index contributed by atoms with van der Waals surface area (Å²) < 4.78 is 0. The maximum Gasteiger partial charge on any atom is 0.324 e. The summed E-state index contributed by atoms with van der Waals surface area (Å²) in [7, 11) is 1.42. The summed E-state index contributed by atoms with van der Waals surface area (Å²) in [4.78, 5) is 200. The van der Waals surface area contributed by atoms with Gasteiger partial charge in [-0.05, 0) is 114 Å². The van der Waals surface area contributed by atoms with Crippen LogP contribution in [-0.4, -0.2) is 204 Å². The number of aromatic amines is 4. The highest BCUT2D eigenvalue weighted by Gasteiger charge is 2.39. The van der Waals surface area contributed by atoms with Crippen LogP contribution in [-0.2, 0) is 78.4 Å². The van der Waals surface area contributed by atoms with Crippen LogP contribution in [0, 0.1) is 0 Å². The van der Waals surface area contributed by atoms with Gasteiger partial charge in [0.25, 0.3) is 5.91 Å². The van der Waals surface area contributed by atoms with Crippen LogP contribution >= 0.6 is 21.6 Å². The van der Waals surface area contributed by atoms with E-state index >= 15 is 24.0 Å². The molecule has 4 aromatic heterocycles. The molecule has 0 radical (unpaired) electrons. The Bertz CT molecular complexity index is 3810. The monoisotopic (exact) mass is 1430 g/mol. The molecule has 2 fully saturated rings. The maximum atomic E-state index is 15.6. The summed E-state index contributed by atoms with van der Waals surface area (Å²) in [5.41, 5.74) is 20.9. The molecule has 13 amide bonds. The van der Waals surface area contributed by atoms with Crippen LogP contribution in [0.3, 0.4) is 0 Å². The van der Waals surface area contributed by atoms with Gasteiger partial charge in [0, 0.05) is 96.0 Å². The average Bonchev–Trinajstić information content (AvgIpc) is 1.57. The number of urea groups is 1. The summed E-state index contributed by atoms with van der Waals surface area (Å²) in [5, 5.41) is 29.4. The second-order valence-electron chi connectivity index (χ2n) is 24.7. The molecule has 2 saturated heterocycles. The molecule has 10 atom stereocenters. The number of benzene rings is 2. The van der Waals surface area contributed by atoms with Crippen molar-refractivity contribution in [3.05, 3.63) is 108 Å². The van der Waals surface area contributed by atoms with Crippen LogP contribution in [0.25, 0.3) is 21.8 Å². The fourth-order valence-electron chi connectivity index (χ4n) is 11.6. The van der Waals surface area contributed by atoms with Crippen LogP contribution in [0.5, 0.6) is 0 Å². The molecule has 0 aliphatic carbocycles. The summed E-state index contributed by atoms with van der Waals surface area (Å²) in [6.45, 7) is 2.63. The number of amides is 13. The van der Waals surface area contributed by atoms with Crippen molar-refractivity contribution in [2.75, 3.05) is 38.5 Å². The minimum Gasteiger partial charge on any atom is -0.361 e. The Kier molecular flexibility index (Phi) is 29.4. The van der Waals surface area contributed by atoms with Gasteiger partial charge >= 0.3 is 6.03 Å². The third kappa shape index (κ3) is 22.3. The molecule has 2 aliphatic rings. The summed E-state index contributed by atoms with van der Waals surface area (Å²) in [6, 6.07) is -0.0117. The lowest BCUT2D eigenvalue weighted by Gasteiger charge is -2.30. The van der Waals surface area contributed by atoms with Gasteiger partial charge in [-0.15, -0.1) is 0 Å². The number of fused-ring (bicyclic) bond motifs is 6. The van der Waals surface area contributed by atoms with Gasteiger partial charge in [-0.25, -0.2) is 14.8 Å². The highest BCUT2D eigenvalue weighted by molar-refractivity contribution is 8.77. The molecule has 6 heterocycles. The van der Waals surface area contributed by atoms with Gasteiger partial charge in [-0.1, -0.05) is 64.9 Å². The first kappa shape index (κ1) is 76.9. The van der Waals surface area contributed by atoms with E-state index in [0.717, 1.165) is 15.7 Å². The van der Waals surface area contributed by atoms with Gasteiger partial charge in [0.15, 0.2) is 5.37 Å². The molecule has 2 aliphatic heterocycles. The van der Waals surface area contributed by atoms with Gasteiger partial charge in [-0.3, -0.25) is 57.6 Å². The Labute approximate surface area is 590 Å². The van der Waals surface area contributed by atoms with Crippen molar-refractivity contribution in [2.24, 2.45) is 17.2 Å². The van der Waals surface area contributed by atoms with E-state index in [0.29, 0.717) is 93.6 Å². The molecule has 101 heavy (non-hydrogen) atoms. The molecule has 0 saturated carbocycles. The molecule has 1 unspecified atom stereocenters. The zero-order valence-electron chi connectivity index (χ0n) is 56.3. The molecule has 21 N–H and O–H groups in total. The number of rotatable bonds is 22. The highest BCUT2D eigenvalue weighted by Crippen LogP contribution is 2.29. The van der Waals surface area contributed by atoms with Crippen LogP contribution in [0.4, 0.5) is 4.79 Å². The van der Waals surface area contributed by atoms with Crippen LogP contribution in [0.2, 0.25) is 0 Å². The van der Waals surface area contributed by atoms with Crippen molar-refractivity contribution in [2.45, 2.75) is 163 Å². The van der Waals surface area contributed by atoms with Crippen molar-refractivity contribution in [1.82, 2.24) is 93.3 Å². The average molecular weight is 1430 g/mol. The Morgan fingerprint density at radius 1 is 0.475 bits per heavy atom. The zero-order chi connectivity index (χ0) is 72.4. The quantitative estimate of drug-likeness (QED) is 0.0284. The number of nitrogens with one attached hydrogen (secondary N) is 15. The number of nitrogens with two attached hydrogens (primary N) is 3. The number of carbonyl (C=O) groups excluding carboxylic acids is 12. The van der Waals surface area contributed by atoms with E-state index in [1.165, 1.54) is 32.0 Å². The molecule has 33 nitrogen and oxygen atoms in total. The minimum absolute atomic E-state index is 0.00265. The van der Waals surface area contributed by atoms with E-state index in [1.807, 2.05) is 0 Å². The van der Waals surface area contributed by atoms with Crippen LogP contribution in [0.1, 0.15) is 101 Å². The number of hydrogen-bond donors (Lipinski definition) is 18. The van der Waals surface area contributed by atoms with Crippen molar-refractivity contribution >= 4 is 114 Å². The van der Waals surface area contributed by atoms with E-state index < -0.39 is 143 Å². The number of carbonyl (C=O) groups is 12. The smallest absolute Gasteiger partial charge is 0.324 e. The lowest BCUT2D eigenvalue weighted by Crippen LogP contribution is -2.61. The Balaban J connectivity index is 1.26. The predicted molar refractivity (Wildman–Crippen MR) is 378 cm³/mol. The van der Waals surface area contributed by atoms with Crippen molar-refractivity contribution in [1.29, 1.82) is 0 Å². The first-order valence-electron chi connectivity index (χ1n) is 33.8. The van der Waals surface area contributed by atoms with E-state index in [9.17, 15) is 33.6 Å². The van der Waals surface area contributed by atoms with E-state index in [-0.39, 0.29) is 77.5 Å². The topological polar surface area (TPSA) is 507 Å². The molecule has 8 rings (SSSR count). The highest BCUT2D eigenvalue weighted by atomic mass is 33.1. The Hall–Kier alpha value is -9.84. The standard InChI is InChI=1S/C66H91N21O12S2/c1-3-24-87-65(98)64-86-62(96)50(26-39-30-73-45-17-7-5-15-43(39)45)82-59(93)48(20-10-13-23-69)81-58(92)47(19-9-12-22-68)80-57(91)46(18-8-11-21-67)79-55(89)37(2)77-63(97)53(34-100-101-64)84-60(94)49(25-38-29-72-44-16-6-4-14-42(38)44)83-61(95)52(28-41-32-71-36-76-41)78-54(88)33-74-56(90)51(85-66(87)99)27-40-31-70-35-75-40/h4-7,14-17,29-32,35-37,46-53,64,72-73H,3,8-13,18-28,33-34,67-69H2,1-2H3,(H,70,75)(H,71,76)(H,74,90)(H,77,97)(H,78,88)(H,79,89)(H,80,91)(H,81,92)(H,82,93)(H,83,95)(H,84,94)(H,85,99)(H,86,96)/t37-,46-,47-,48-,49-,50-,51-,52-,53-,64?/m0/s1. The number of H-pyrrole nitrogens is 4. The van der Waals surface area contributed by atoms with Gasteiger partial charge in [0.1, 0.15) is 54.4 Å². The normalized spacial score (nSPS) is 23.6. The van der Waals surface area contributed by atoms with Crippen LogP contribution < -0.4 is 75.7 Å². The number of nitrogens with zero attached hydrogens (tertiary/aromatic N) is 3. The third-order valence-electron chi connectivity index (χ3n) is 17.1. The molecule has 0 spiro atoms. The van der Waals surface area contributed by atoms with Gasteiger partial charge in [0.05, 0.1) is 19.2 Å². The second kappa shape index (κ2) is 38.7.